The van der Waals surface area contributed by atoms with Crippen molar-refractivity contribution in [1.82, 2.24) is 5.43 Å². The highest BCUT2D eigenvalue weighted by molar-refractivity contribution is 6.06. The first-order chi connectivity index (χ1) is 13.5. The van der Waals surface area contributed by atoms with Crippen LogP contribution in [0.4, 0.5) is 5.69 Å². The summed E-state index contributed by atoms with van der Waals surface area (Å²) >= 11 is 0. The van der Waals surface area contributed by atoms with Gasteiger partial charge in [0.1, 0.15) is 11.5 Å². The molecule has 0 aliphatic rings. The fourth-order valence-electron chi connectivity index (χ4n) is 2.48. The number of hydrogen-bond acceptors (Lipinski definition) is 5. The van der Waals surface area contributed by atoms with E-state index in [0.717, 1.165) is 5.56 Å². The molecule has 0 fully saturated rings. The van der Waals surface area contributed by atoms with E-state index in [2.05, 4.69) is 15.8 Å². The van der Waals surface area contributed by atoms with Crippen LogP contribution in [0.5, 0.6) is 11.5 Å². The molecule has 0 aliphatic heterocycles. The first-order valence-corrected chi connectivity index (χ1v) is 8.89. The van der Waals surface area contributed by atoms with Crippen molar-refractivity contribution in [2.24, 2.45) is 5.10 Å². The third-order valence-electron chi connectivity index (χ3n) is 3.95. The molecular formula is C21H25N3O4. The molecule has 2 aromatic carbocycles. The highest BCUT2D eigenvalue weighted by Gasteiger charge is 2.10. The number of hydrazone groups is 1. The lowest BCUT2D eigenvalue weighted by Gasteiger charge is -2.11. The van der Waals surface area contributed by atoms with Gasteiger partial charge in [-0.25, -0.2) is 5.43 Å². The number of amides is 2. The maximum atomic E-state index is 12.2. The van der Waals surface area contributed by atoms with Crippen LogP contribution in [0.3, 0.4) is 0 Å². The Morgan fingerprint density at radius 3 is 2.43 bits per heavy atom. The van der Waals surface area contributed by atoms with Gasteiger partial charge < -0.3 is 14.8 Å². The van der Waals surface area contributed by atoms with Crippen LogP contribution < -0.4 is 20.2 Å². The van der Waals surface area contributed by atoms with E-state index in [1.165, 1.54) is 7.11 Å². The number of benzene rings is 2. The van der Waals surface area contributed by atoms with E-state index in [-0.39, 0.29) is 18.2 Å². The third-order valence-corrected chi connectivity index (χ3v) is 3.95. The Bertz CT molecular complexity index is 835. The second-order valence-corrected chi connectivity index (χ2v) is 6.16. The third kappa shape index (κ3) is 6.75. The lowest BCUT2D eigenvalue weighted by atomic mass is 10.1. The molecule has 0 saturated carbocycles. The van der Waals surface area contributed by atoms with Crippen LogP contribution >= 0.6 is 0 Å². The monoisotopic (exact) mass is 383 g/mol. The maximum Gasteiger partial charge on any atom is 0.240 e. The van der Waals surface area contributed by atoms with E-state index in [1.54, 1.807) is 32.2 Å². The highest BCUT2D eigenvalue weighted by Crippen LogP contribution is 2.29. The molecular weight excluding hydrogens is 358 g/mol. The number of nitrogens with one attached hydrogen (secondary N) is 2. The van der Waals surface area contributed by atoms with Gasteiger partial charge in [0.25, 0.3) is 0 Å². The van der Waals surface area contributed by atoms with E-state index in [1.807, 2.05) is 30.3 Å². The minimum atomic E-state index is -0.261. The second kappa shape index (κ2) is 10.7. The molecule has 7 nitrogen and oxygen atoms in total. The Morgan fingerprint density at radius 2 is 1.75 bits per heavy atom. The molecule has 28 heavy (non-hydrogen) atoms. The first kappa shape index (κ1) is 21.0. The van der Waals surface area contributed by atoms with Crippen molar-refractivity contribution in [3.8, 4) is 11.5 Å². The lowest BCUT2D eigenvalue weighted by Crippen LogP contribution is -2.21. The normalized spacial score (nSPS) is 10.9. The summed E-state index contributed by atoms with van der Waals surface area (Å²) in [6.07, 6.45) is 1.02. The fraction of sp³-hybridized carbons (Fsp3) is 0.286. The van der Waals surface area contributed by atoms with Gasteiger partial charge in [-0.05, 0) is 31.0 Å². The summed E-state index contributed by atoms with van der Waals surface area (Å²) in [5.74, 6) is 0.672. The van der Waals surface area contributed by atoms with Crippen molar-refractivity contribution in [2.45, 2.75) is 26.2 Å². The molecule has 7 heteroatoms. The zero-order chi connectivity index (χ0) is 20.4. The lowest BCUT2D eigenvalue weighted by molar-refractivity contribution is -0.121. The van der Waals surface area contributed by atoms with Crippen molar-refractivity contribution in [3.05, 3.63) is 54.1 Å². The van der Waals surface area contributed by atoms with Gasteiger partial charge in [0, 0.05) is 18.2 Å². The Morgan fingerprint density at radius 1 is 1.00 bits per heavy atom. The van der Waals surface area contributed by atoms with E-state index in [4.69, 9.17) is 9.47 Å². The van der Waals surface area contributed by atoms with Crippen LogP contribution in [-0.2, 0) is 16.0 Å². The topological polar surface area (TPSA) is 89.0 Å². The van der Waals surface area contributed by atoms with Crippen LogP contribution in [0.2, 0.25) is 0 Å². The Balaban J connectivity index is 1.82. The predicted molar refractivity (Wildman–Crippen MR) is 109 cm³/mol. The number of carbonyl (C=O) groups excluding carboxylic acids is 2. The summed E-state index contributed by atoms with van der Waals surface area (Å²) < 4.78 is 10.4. The zero-order valence-electron chi connectivity index (χ0n) is 16.3. The molecule has 148 valence electrons. The average Bonchev–Trinajstić information content (AvgIpc) is 2.71. The molecule has 0 aromatic heterocycles. The second-order valence-electron chi connectivity index (χ2n) is 6.16. The van der Waals surface area contributed by atoms with Crippen molar-refractivity contribution >= 4 is 23.2 Å². The van der Waals surface area contributed by atoms with E-state index < -0.39 is 0 Å². The van der Waals surface area contributed by atoms with Gasteiger partial charge >= 0.3 is 0 Å². The number of aryl methyl sites for hydroxylation is 1. The molecule has 2 rings (SSSR count). The molecule has 0 aliphatic carbocycles. The molecule has 0 radical (unpaired) electrons. The van der Waals surface area contributed by atoms with Crippen LogP contribution in [0, 0.1) is 0 Å². The summed E-state index contributed by atoms with van der Waals surface area (Å²) in [6.45, 7) is 1.68. The van der Waals surface area contributed by atoms with Crippen LogP contribution in [0.1, 0.15) is 25.3 Å². The number of anilines is 1. The summed E-state index contributed by atoms with van der Waals surface area (Å²) in [4.78, 5) is 24.1. The van der Waals surface area contributed by atoms with Gasteiger partial charge in [-0.1, -0.05) is 30.3 Å². The SMILES string of the molecule is COc1ccc(NC(=O)CC(C)=NNC(=O)CCc2ccccc2)c(OC)c1. The van der Waals surface area contributed by atoms with Gasteiger partial charge in [0.15, 0.2) is 0 Å². The number of ether oxygens (including phenoxy) is 2. The summed E-state index contributed by atoms with van der Waals surface area (Å²) in [7, 11) is 3.07. The van der Waals surface area contributed by atoms with Gasteiger partial charge in [-0.3, -0.25) is 9.59 Å². The largest absolute Gasteiger partial charge is 0.497 e. The Kier molecular flexibility index (Phi) is 8.02. The van der Waals surface area contributed by atoms with Gasteiger partial charge in [-0.2, -0.15) is 5.10 Å². The van der Waals surface area contributed by atoms with Crippen molar-refractivity contribution in [2.75, 3.05) is 19.5 Å². The van der Waals surface area contributed by atoms with Crippen LogP contribution in [-0.4, -0.2) is 31.7 Å². The number of carbonyl (C=O) groups is 2. The van der Waals surface area contributed by atoms with E-state index >= 15 is 0 Å². The number of hydrogen-bond donors (Lipinski definition) is 2. The van der Waals surface area contributed by atoms with Crippen LogP contribution in [0.15, 0.2) is 53.6 Å². The smallest absolute Gasteiger partial charge is 0.240 e. The molecule has 2 aromatic rings. The number of nitrogens with zero attached hydrogens (tertiary/aromatic N) is 1. The molecule has 2 amide bonds. The van der Waals surface area contributed by atoms with Crippen molar-refractivity contribution in [1.29, 1.82) is 0 Å². The number of rotatable bonds is 9. The van der Waals surface area contributed by atoms with Gasteiger partial charge in [-0.15, -0.1) is 0 Å². The molecule has 0 heterocycles. The Hall–Kier alpha value is -3.35. The molecule has 2 N–H and O–H groups in total. The molecule has 0 saturated heterocycles. The van der Waals surface area contributed by atoms with Crippen LogP contribution in [0.25, 0.3) is 0 Å². The Labute approximate surface area is 164 Å². The fourth-order valence-corrected chi connectivity index (χ4v) is 2.48. The first-order valence-electron chi connectivity index (χ1n) is 8.89. The molecule has 0 bridgehead atoms. The minimum Gasteiger partial charge on any atom is -0.497 e. The average molecular weight is 383 g/mol. The van der Waals surface area contributed by atoms with Crippen molar-refractivity contribution < 1.29 is 19.1 Å². The number of methoxy groups -OCH3 is 2. The molecule has 0 unspecified atom stereocenters. The van der Waals surface area contributed by atoms with Crippen molar-refractivity contribution in [3.63, 3.8) is 0 Å². The maximum absolute atomic E-state index is 12.2. The van der Waals surface area contributed by atoms with Gasteiger partial charge in [0.2, 0.25) is 11.8 Å². The quantitative estimate of drug-likeness (QED) is 0.514. The van der Waals surface area contributed by atoms with E-state index in [0.29, 0.717) is 35.7 Å². The molecule has 0 atom stereocenters. The summed E-state index contributed by atoms with van der Waals surface area (Å²) in [5, 5.41) is 6.76. The standard InChI is InChI=1S/C21H25N3O4/c1-15(23-24-20(25)12-9-16-7-5-4-6-8-16)13-21(26)22-18-11-10-17(27-2)14-19(18)28-3/h4-8,10-11,14H,9,12-13H2,1-3H3,(H,22,26)(H,24,25). The predicted octanol–water partition coefficient (Wildman–Crippen LogP) is 3.16. The summed E-state index contributed by atoms with van der Waals surface area (Å²) in [6, 6.07) is 14.9. The van der Waals surface area contributed by atoms with Gasteiger partial charge in [0.05, 0.1) is 26.3 Å². The van der Waals surface area contributed by atoms with E-state index in [9.17, 15) is 9.59 Å². The zero-order valence-corrected chi connectivity index (χ0v) is 16.3. The summed E-state index contributed by atoms with van der Waals surface area (Å²) in [5.41, 5.74) is 4.61. The highest BCUT2D eigenvalue weighted by atomic mass is 16.5. The molecule has 0 spiro atoms. The minimum absolute atomic E-state index is 0.0498.